The lowest BCUT2D eigenvalue weighted by molar-refractivity contribution is 0.217. The van der Waals surface area contributed by atoms with Crippen LogP contribution < -0.4 is 10.1 Å². The highest BCUT2D eigenvalue weighted by atomic mass is 16.5. The van der Waals surface area contributed by atoms with Crippen LogP contribution in [0.3, 0.4) is 0 Å². The molecular weight excluding hydrogens is 264 g/mol. The molecule has 1 aromatic heterocycles. The topological polar surface area (TPSA) is 52.0 Å². The maximum atomic E-state index is 5.84. The predicted octanol–water partition coefficient (Wildman–Crippen LogP) is 2.94. The molecule has 0 amide bonds. The van der Waals surface area contributed by atoms with Gasteiger partial charge in [0.25, 0.3) is 0 Å². The third-order valence-electron chi connectivity index (χ3n) is 3.23. The highest BCUT2D eigenvalue weighted by Gasteiger charge is 2.06. The van der Waals surface area contributed by atoms with Crippen molar-refractivity contribution in [1.82, 2.24) is 20.3 Å². The lowest BCUT2D eigenvalue weighted by atomic mass is 10.3. The molecule has 1 unspecified atom stereocenters. The number of hydrogen-bond acceptors (Lipinski definition) is 4. The van der Waals surface area contributed by atoms with Gasteiger partial charge >= 0.3 is 0 Å². The molecule has 1 N–H and O–H groups in total. The minimum atomic E-state index is 0.210. The first kappa shape index (κ1) is 15.5. The first-order chi connectivity index (χ1) is 10.1. The molecule has 0 saturated heterocycles. The van der Waals surface area contributed by atoms with Crippen LogP contribution in [-0.4, -0.2) is 27.1 Å². The zero-order valence-corrected chi connectivity index (χ0v) is 13.2. The number of nitrogens with zero attached hydrogens (tertiary/aromatic N) is 3. The quantitative estimate of drug-likeness (QED) is 0.851. The van der Waals surface area contributed by atoms with Crippen LogP contribution in [0, 0.1) is 0 Å². The van der Waals surface area contributed by atoms with Crippen molar-refractivity contribution in [2.45, 2.75) is 52.8 Å². The van der Waals surface area contributed by atoms with E-state index < -0.39 is 0 Å². The summed E-state index contributed by atoms with van der Waals surface area (Å²) in [6.07, 6.45) is 3.14. The van der Waals surface area contributed by atoms with Crippen LogP contribution >= 0.6 is 0 Å². The van der Waals surface area contributed by atoms with Gasteiger partial charge in [-0.05, 0) is 25.5 Å². The summed E-state index contributed by atoms with van der Waals surface area (Å²) < 4.78 is 7.62. The second-order valence-electron chi connectivity index (χ2n) is 5.52. The summed E-state index contributed by atoms with van der Waals surface area (Å²) in [7, 11) is 0. The van der Waals surface area contributed by atoms with Crippen molar-refractivity contribution >= 4 is 0 Å². The fourth-order valence-corrected chi connectivity index (χ4v) is 1.83. The van der Waals surface area contributed by atoms with Gasteiger partial charge in [0.15, 0.2) is 0 Å². The lowest BCUT2D eigenvalue weighted by Gasteiger charge is -2.13. The zero-order valence-electron chi connectivity index (χ0n) is 13.2. The van der Waals surface area contributed by atoms with E-state index in [0.29, 0.717) is 6.04 Å². The molecule has 1 atom stereocenters. The van der Waals surface area contributed by atoms with Crippen molar-refractivity contribution in [2.75, 3.05) is 0 Å². The smallest absolute Gasteiger partial charge is 0.121 e. The van der Waals surface area contributed by atoms with Crippen molar-refractivity contribution in [3.63, 3.8) is 0 Å². The van der Waals surface area contributed by atoms with E-state index in [0.717, 1.165) is 30.1 Å². The van der Waals surface area contributed by atoms with E-state index in [1.54, 1.807) is 4.68 Å². The van der Waals surface area contributed by atoms with E-state index in [1.807, 2.05) is 30.5 Å². The Kier molecular flexibility index (Phi) is 5.33. The molecule has 0 saturated carbocycles. The van der Waals surface area contributed by atoms with Gasteiger partial charge in [-0.15, -0.1) is 5.10 Å². The fraction of sp³-hybridized carbons (Fsp3) is 0.500. The monoisotopic (exact) mass is 288 g/mol. The van der Waals surface area contributed by atoms with Crippen LogP contribution in [0.25, 0.3) is 5.69 Å². The maximum Gasteiger partial charge on any atom is 0.121 e. The van der Waals surface area contributed by atoms with Crippen LogP contribution in [0.15, 0.2) is 30.5 Å². The van der Waals surface area contributed by atoms with Gasteiger partial charge in [-0.3, -0.25) is 0 Å². The van der Waals surface area contributed by atoms with Gasteiger partial charge in [-0.2, -0.15) is 0 Å². The molecule has 5 nitrogen and oxygen atoms in total. The van der Waals surface area contributed by atoms with Crippen molar-refractivity contribution < 1.29 is 4.74 Å². The number of nitrogens with one attached hydrogen (secondary N) is 1. The maximum absolute atomic E-state index is 5.84. The first-order valence-corrected chi connectivity index (χ1v) is 7.50. The molecule has 0 aliphatic heterocycles. The van der Waals surface area contributed by atoms with E-state index >= 15 is 0 Å². The Hall–Kier alpha value is -1.88. The normalized spacial score (nSPS) is 12.6. The van der Waals surface area contributed by atoms with Gasteiger partial charge in [-0.1, -0.05) is 32.1 Å². The van der Waals surface area contributed by atoms with Gasteiger partial charge in [0.1, 0.15) is 5.75 Å². The fourth-order valence-electron chi connectivity index (χ4n) is 1.83. The van der Waals surface area contributed by atoms with Gasteiger partial charge in [0.05, 0.1) is 23.7 Å². The van der Waals surface area contributed by atoms with E-state index in [1.165, 1.54) is 0 Å². The molecule has 1 aromatic carbocycles. The minimum absolute atomic E-state index is 0.210. The third-order valence-corrected chi connectivity index (χ3v) is 3.23. The van der Waals surface area contributed by atoms with Gasteiger partial charge < -0.3 is 10.1 Å². The zero-order chi connectivity index (χ0) is 15.2. The highest BCUT2D eigenvalue weighted by Crippen LogP contribution is 2.18. The molecule has 114 valence electrons. The molecule has 0 radical (unpaired) electrons. The summed E-state index contributed by atoms with van der Waals surface area (Å²) in [5.74, 6) is 0.860. The lowest BCUT2D eigenvalue weighted by Crippen LogP contribution is -2.21. The Bertz CT molecular complexity index is 565. The van der Waals surface area contributed by atoms with Crippen LogP contribution in [0.2, 0.25) is 0 Å². The third kappa shape index (κ3) is 4.56. The Labute approximate surface area is 126 Å². The first-order valence-electron chi connectivity index (χ1n) is 7.50. The van der Waals surface area contributed by atoms with Crippen molar-refractivity contribution in [1.29, 1.82) is 0 Å². The summed E-state index contributed by atoms with van der Waals surface area (Å²) in [6.45, 7) is 9.12. The molecule has 5 heteroatoms. The molecule has 21 heavy (non-hydrogen) atoms. The molecule has 0 spiro atoms. The largest absolute Gasteiger partial charge is 0.491 e. The van der Waals surface area contributed by atoms with E-state index in [-0.39, 0.29) is 6.10 Å². The van der Waals surface area contributed by atoms with E-state index in [2.05, 4.69) is 43.3 Å². The number of aromatic nitrogens is 3. The molecule has 0 fully saturated rings. The van der Waals surface area contributed by atoms with Crippen molar-refractivity contribution in [3.8, 4) is 11.4 Å². The molecular formula is C16H24N4O. The number of benzene rings is 1. The standard InChI is InChI=1S/C16H24N4O/c1-5-13(4)21-16-8-6-7-15(9-16)20-11-14(18-19-20)10-17-12(2)3/h6-9,11-13,17H,5,10H2,1-4H3. The minimum Gasteiger partial charge on any atom is -0.491 e. The molecule has 0 aliphatic carbocycles. The van der Waals surface area contributed by atoms with Gasteiger partial charge in [0.2, 0.25) is 0 Å². The molecule has 2 aromatic rings. The second-order valence-corrected chi connectivity index (χ2v) is 5.52. The van der Waals surface area contributed by atoms with Gasteiger partial charge in [0, 0.05) is 18.7 Å². The van der Waals surface area contributed by atoms with Crippen LogP contribution in [0.4, 0.5) is 0 Å². The van der Waals surface area contributed by atoms with E-state index in [4.69, 9.17) is 4.74 Å². The average Bonchev–Trinajstić information content (AvgIpc) is 2.94. The Morgan fingerprint density at radius 3 is 2.81 bits per heavy atom. The second kappa shape index (κ2) is 7.22. The average molecular weight is 288 g/mol. The summed E-state index contributed by atoms with van der Waals surface area (Å²) in [6, 6.07) is 8.36. The molecule has 0 aliphatic rings. The highest BCUT2D eigenvalue weighted by molar-refractivity contribution is 5.38. The Balaban J connectivity index is 2.09. The van der Waals surface area contributed by atoms with Crippen molar-refractivity contribution in [3.05, 3.63) is 36.2 Å². The molecule has 2 rings (SSSR count). The van der Waals surface area contributed by atoms with Crippen molar-refractivity contribution in [2.24, 2.45) is 0 Å². The molecule has 0 bridgehead atoms. The Morgan fingerprint density at radius 1 is 1.29 bits per heavy atom. The summed E-state index contributed by atoms with van der Waals surface area (Å²) in [5, 5.41) is 11.7. The number of hydrogen-bond donors (Lipinski definition) is 1. The van der Waals surface area contributed by atoms with Crippen LogP contribution in [0.5, 0.6) is 5.75 Å². The SMILES string of the molecule is CCC(C)Oc1cccc(-n2cc(CNC(C)C)nn2)c1. The molecule has 1 heterocycles. The van der Waals surface area contributed by atoms with Gasteiger partial charge in [-0.25, -0.2) is 4.68 Å². The van der Waals surface area contributed by atoms with Crippen LogP contribution in [-0.2, 0) is 6.54 Å². The Morgan fingerprint density at radius 2 is 2.10 bits per heavy atom. The summed E-state index contributed by atoms with van der Waals surface area (Å²) in [5.41, 5.74) is 1.89. The number of rotatable bonds is 7. The van der Waals surface area contributed by atoms with Crippen LogP contribution in [0.1, 0.15) is 39.8 Å². The predicted molar refractivity (Wildman–Crippen MR) is 83.7 cm³/mol. The van der Waals surface area contributed by atoms with E-state index in [9.17, 15) is 0 Å². The number of ether oxygens (including phenoxy) is 1. The summed E-state index contributed by atoms with van der Waals surface area (Å²) in [4.78, 5) is 0. The summed E-state index contributed by atoms with van der Waals surface area (Å²) >= 11 is 0.